The standard InChI is InChI=1S/C37H65NO11/c1-14-27-35(8,42)17-20(2)30(39)21(3)18-36(9,43)33(49-28-16-26(38(11)12)15-22(4)45-28)23(5)31(24(6)34(41)47-27)48-29-19-37(10,44-13)32(40)25(7)46-29/h17,21-29,31-33,40,42-43H,14-16,18-19H2,1-13H3/b20-17+/t21-,22-,23+,24-,25+,26+,27-,28+,29?,31+,32+,33-,35+,36-,37-/m1/s1. The van der Waals surface area contributed by atoms with Crippen molar-refractivity contribution in [1.82, 2.24) is 4.90 Å². The molecule has 12 heteroatoms. The number of allylic oxidation sites excluding steroid dienone is 1. The number of rotatable bonds is 7. The molecule has 0 aromatic rings. The summed E-state index contributed by atoms with van der Waals surface area (Å²) in [5.41, 5.74) is -3.92. The summed E-state index contributed by atoms with van der Waals surface area (Å²) < 4.78 is 37.5. The predicted octanol–water partition coefficient (Wildman–Crippen LogP) is 3.76. The van der Waals surface area contributed by atoms with Crippen LogP contribution < -0.4 is 0 Å². The van der Waals surface area contributed by atoms with Gasteiger partial charge in [0.2, 0.25) is 0 Å². The zero-order valence-corrected chi connectivity index (χ0v) is 32.1. The molecule has 12 nitrogen and oxygen atoms in total. The Labute approximate surface area is 293 Å². The Morgan fingerprint density at radius 2 is 1.59 bits per heavy atom. The number of ketones is 1. The molecule has 3 aliphatic heterocycles. The Morgan fingerprint density at radius 1 is 0.959 bits per heavy atom. The number of methoxy groups -OCH3 is 1. The van der Waals surface area contributed by atoms with Gasteiger partial charge in [-0.05, 0) is 93.5 Å². The van der Waals surface area contributed by atoms with Crippen LogP contribution in [0.2, 0.25) is 0 Å². The third-order valence-electron chi connectivity index (χ3n) is 11.1. The first-order chi connectivity index (χ1) is 22.6. The highest BCUT2D eigenvalue weighted by Crippen LogP contribution is 2.40. The number of aliphatic hydroxyl groups is 3. The summed E-state index contributed by atoms with van der Waals surface area (Å²) in [5, 5.41) is 34.7. The fourth-order valence-corrected chi connectivity index (χ4v) is 8.04. The highest BCUT2D eigenvalue weighted by atomic mass is 16.7. The Hall–Kier alpha value is -1.48. The molecule has 3 N–H and O–H groups in total. The maximum atomic E-state index is 14.0. The molecule has 3 rings (SSSR count). The van der Waals surface area contributed by atoms with Crippen LogP contribution in [0.1, 0.15) is 101 Å². The summed E-state index contributed by atoms with van der Waals surface area (Å²) in [4.78, 5) is 29.8. The SMILES string of the molecule is CC[C@H]1OC(=O)[C@H](C)[C@@H](OC2C[C@@](C)(OC)[C@@H](O)[C@H](C)O2)[C@H](C)[C@@H](O[C@H]2C[C@@H](N(C)C)C[C@@H](C)O2)[C@](C)(O)C[C@@H](C)C(=O)/C(C)=C/[C@]1(C)O. The summed E-state index contributed by atoms with van der Waals surface area (Å²) in [6.45, 7) is 17.4. The lowest BCUT2D eigenvalue weighted by atomic mass is 9.76. The molecule has 49 heavy (non-hydrogen) atoms. The molecule has 0 saturated carbocycles. The minimum absolute atomic E-state index is 0.0290. The molecule has 2 fully saturated rings. The number of ether oxygens (including phenoxy) is 6. The second kappa shape index (κ2) is 16.5. The van der Waals surface area contributed by atoms with Crippen LogP contribution >= 0.6 is 0 Å². The smallest absolute Gasteiger partial charge is 0.311 e. The Morgan fingerprint density at radius 3 is 2.16 bits per heavy atom. The normalized spacial score (nSPS) is 47.7. The van der Waals surface area contributed by atoms with Gasteiger partial charge in [0.15, 0.2) is 18.4 Å². The van der Waals surface area contributed by atoms with Gasteiger partial charge in [-0.3, -0.25) is 9.59 Å². The number of esters is 1. The van der Waals surface area contributed by atoms with Crippen molar-refractivity contribution >= 4 is 11.8 Å². The van der Waals surface area contributed by atoms with Crippen molar-refractivity contribution in [3.05, 3.63) is 11.6 Å². The summed E-state index contributed by atoms with van der Waals surface area (Å²) >= 11 is 0. The Bertz CT molecular complexity index is 1160. The minimum Gasteiger partial charge on any atom is -0.459 e. The minimum atomic E-state index is -1.64. The van der Waals surface area contributed by atoms with Gasteiger partial charge >= 0.3 is 5.97 Å². The van der Waals surface area contributed by atoms with Gasteiger partial charge in [0.1, 0.15) is 17.8 Å². The van der Waals surface area contributed by atoms with Gasteiger partial charge < -0.3 is 48.6 Å². The molecule has 3 aliphatic rings. The van der Waals surface area contributed by atoms with E-state index >= 15 is 0 Å². The first-order valence-electron chi connectivity index (χ1n) is 18.0. The van der Waals surface area contributed by atoms with Gasteiger partial charge in [-0.2, -0.15) is 0 Å². The number of cyclic esters (lactones) is 1. The van der Waals surface area contributed by atoms with Crippen LogP contribution in [0.5, 0.6) is 0 Å². The fourth-order valence-electron chi connectivity index (χ4n) is 8.04. The van der Waals surface area contributed by atoms with Gasteiger partial charge in [-0.15, -0.1) is 0 Å². The topological polar surface area (TPSA) is 153 Å². The molecule has 284 valence electrons. The van der Waals surface area contributed by atoms with Gasteiger partial charge in [0.05, 0.1) is 41.5 Å². The summed E-state index contributed by atoms with van der Waals surface area (Å²) in [5.74, 6) is -3.12. The lowest BCUT2D eigenvalue weighted by Crippen LogP contribution is -2.59. The van der Waals surface area contributed by atoms with Crippen molar-refractivity contribution in [2.45, 2.75) is 173 Å². The second-order valence-electron chi connectivity index (χ2n) is 15.9. The Kier molecular flexibility index (Phi) is 14.1. The van der Waals surface area contributed by atoms with Crippen LogP contribution in [-0.2, 0) is 38.0 Å². The number of carbonyl (C=O) groups excluding carboxylic acids is 2. The summed E-state index contributed by atoms with van der Waals surface area (Å²) in [7, 11) is 5.54. The van der Waals surface area contributed by atoms with Crippen molar-refractivity contribution in [3.63, 3.8) is 0 Å². The van der Waals surface area contributed by atoms with E-state index in [0.29, 0.717) is 12.0 Å². The third kappa shape index (κ3) is 9.90. The zero-order chi connectivity index (χ0) is 37.2. The number of hydrogen-bond donors (Lipinski definition) is 3. The Balaban J connectivity index is 2.15. The van der Waals surface area contributed by atoms with Gasteiger partial charge in [-0.1, -0.05) is 20.8 Å². The van der Waals surface area contributed by atoms with Crippen LogP contribution in [0.15, 0.2) is 11.6 Å². The van der Waals surface area contributed by atoms with Crippen LogP contribution in [0, 0.1) is 17.8 Å². The van der Waals surface area contributed by atoms with E-state index in [1.54, 1.807) is 48.5 Å². The summed E-state index contributed by atoms with van der Waals surface area (Å²) in [6, 6.07) is 0.177. The first-order valence-corrected chi connectivity index (χ1v) is 18.0. The molecule has 0 aromatic carbocycles. The predicted molar refractivity (Wildman–Crippen MR) is 183 cm³/mol. The molecule has 0 bridgehead atoms. The molecule has 0 aliphatic carbocycles. The fraction of sp³-hybridized carbons (Fsp3) is 0.892. The highest BCUT2D eigenvalue weighted by Gasteiger charge is 2.51. The van der Waals surface area contributed by atoms with Crippen LogP contribution in [0.4, 0.5) is 0 Å². The van der Waals surface area contributed by atoms with Crippen LogP contribution in [0.3, 0.4) is 0 Å². The van der Waals surface area contributed by atoms with Gasteiger partial charge in [-0.25, -0.2) is 0 Å². The van der Waals surface area contributed by atoms with E-state index in [-0.39, 0.29) is 37.2 Å². The molecule has 1 unspecified atom stereocenters. The number of Topliss-reactive ketones (excluding diaryl/α,β-unsaturated/α-hetero) is 1. The molecule has 3 heterocycles. The highest BCUT2D eigenvalue weighted by molar-refractivity contribution is 5.96. The van der Waals surface area contributed by atoms with Crippen molar-refractivity contribution < 1.29 is 53.3 Å². The molecule has 0 radical (unpaired) electrons. The number of aliphatic hydroxyl groups excluding tert-OH is 1. The third-order valence-corrected chi connectivity index (χ3v) is 11.1. The quantitative estimate of drug-likeness (QED) is 0.332. The van der Waals surface area contributed by atoms with E-state index < -0.39 is 83.6 Å². The van der Waals surface area contributed by atoms with Crippen molar-refractivity contribution in [2.75, 3.05) is 21.2 Å². The van der Waals surface area contributed by atoms with Crippen LogP contribution in [-0.4, -0.2) is 125 Å². The average molecular weight is 700 g/mol. The maximum Gasteiger partial charge on any atom is 0.311 e. The zero-order valence-electron chi connectivity index (χ0n) is 32.1. The van der Waals surface area contributed by atoms with Crippen molar-refractivity contribution in [1.29, 1.82) is 0 Å². The van der Waals surface area contributed by atoms with E-state index in [1.807, 2.05) is 27.9 Å². The van der Waals surface area contributed by atoms with Crippen molar-refractivity contribution in [3.8, 4) is 0 Å². The number of nitrogens with zero attached hydrogens (tertiary/aromatic N) is 1. The van der Waals surface area contributed by atoms with Crippen LogP contribution in [0.25, 0.3) is 0 Å². The summed E-state index contributed by atoms with van der Waals surface area (Å²) in [6.07, 6.45) is -2.82. The lowest BCUT2D eigenvalue weighted by molar-refractivity contribution is -0.308. The number of carbonyl (C=O) groups is 2. The van der Waals surface area contributed by atoms with E-state index in [2.05, 4.69) is 4.90 Å². The molecule has 2 saturated heterocycles. The van der Waals surface area contributed by atoms with Crippen molar-refractivity contribution in [2.24, 2.45) is 17.8 Å². The van der Waals surface area contributed by atoms with E-state index in [0.717, 1.165) is 6.42 Å². The molecular formula is C37H65NO11. The molecule has 0 amide bonds. The largest absolute Gasteiger partial charge is 0.459 e. The van der Waals surface area contributed by atoms with E-state index in [4.69, 9.17) is 28.4 Å². The van der Waals surface area contributed by atoms with E-state index in [9.17, 15) is 24.9 Å². The molecular weight excluding hydrogens is 634 g/mol. The molecule has 15 atom stereocenters. The first kappa shape index (κ1) is 41.9. The molecule has 0 spiro atoms. The molecule has 0 aromatic heterocycles. The lowest BCUT2D eigenvalue weighted by Gasteiger charge is -2.48. The second-order valence-corrected chi connectivity index (χ2v) is 15.9. The van der Waals surface area contributed by atoms with E-state index in [1.165, 1.54) is 20.1 Å². The average Bonchev–Trinajstić information content (AvgIpc) is 3.01. The monoisotopic (exact) mass is 699 g/mol. The maximum absolute atomic E-state index is 14.0. The van der Waals surface area contributed by atoms with Gasteiger partial charge in [0, 0.05) is 37.8 Å². The van der Waals surface area contributed by atoms with Gasteiger partial charge in [0.25, 0.3) is 0 Å². The number of hydrogen-bond acceptors (Lipinski definition) is 12.